The molecule has 30 heavy (non-hydrogen) atoms. The Bertz CT molecular complexity index is 1050. The standard InChI is InChI=1S/C22H17F3N2O3/c23-22(24,25)30-19-9-6-16(7-10-19)17-8-11-20-18(12-17)14-27(21(28)29)26(20)13-15-4-2-1-3-5-15/h1-12H,13-14H2,(H,28,29). The SMILES string of the molecule is O=C(O)N1Cc2cc(-c3ccc(OC(F)(F)F)cc3)ccc2N1Cc1ccccc1. The van der Waals surface area contributed by atoms with Crippen LogP contribution in [0.4, 0.5) is 23.7 Å². The molecule has 1 amide bonds. The molecule has 4 rings (SSSR count). The molecule has 5 nitrogen and oxygen atoms in total. The van der Waals surface area contributed by atoms with Gasteiger partial charge in [-0.3, -0.25) is 5.01 Å². The molecule has 3 aromatic rings. The van der Waals surface area contributed by atoms with Crippen LogP contribution in [0.1, 0.15) is 11.1 Å². The van der Waals surface area contributed by atoms with Gasteiger partial charge in [0.25, 0.3) is 0 Å². The summed E-state index contributed by atoms with van der Waals surface area (Å²) in [6.45, 7) is 0.601. The third-order valence-corrected chi connectivity index (χ3v) is 4.79. The number of halogens is 3. The molecule has 1 N–H and O–H groups in total. The van der Waals surface area contributed by atoms with Crippen molar-refractivity contribution in [1.29, 1.82) is 0 Å². The Morgan fingerprint density at radius 3 is 2.27 bits per heavy atom. The Morgan fingerprint density at radius 1 is 0.967 bits per heavy atom. The van der Waals surface area contributed by atoms with Crippen molar-refractivity contribution in [3.05, 3.63) is 83.9 Å². The highest BCUT2D eigenvalue weighted by Gasteiger charge is 2.32. The number of fused-ring (bicyclic) bond motifs is 1. The van der Waals surface area contributed by atoms with Gasteiger partial charge in [-0.25, -0.2) is 9.80 Å². The maximum atomic E-state index is 12.3. The zero-order valence-corrected chi connectivity index (χ0v) is 15.6. The van der Waals surface area contributed by atoms with Gasteiger partial charge in [0, 0.05) is 0 Å². The summed E-state index contributed by atoms with van der Waals surface area (Å²) in [5.74, 6) is -0.293. The van der Waals surface area contributed by atoms with Gasteiger partial charge in [-0.1, -0.05) is 48.5 Å². The van der Waals surface area contributed by atoms with E-state index < -0.39 is 12.5 Å². The normalized spacial score (nSPS) is 13.3. The van der Waals surface area contributed by atoms with Crippen molar-refractivity contribution in [3.8, 4) is 16.9 Å². The highest BCUT2D eigenvalue weighted by molar-refractivity contribution is 5.76. The number of ether oxygens (including phenoxy) is 1. The molecular weight excluding hydrogens is 397 g/mol. The van der Waals surface area contributed by atoms with Gasteiger partial charge in [0.2, 0.25) is 0 Å². The van der Waals surface area contributed by atoms with Crippen molar-refractivity contribution in [2.24, 2.45) is 0 Å². The number of carbonyl (C=O) groups is 1. The molecule has 0 bridgehead atoms. The molecule has 0 atom stereocenters. The maximum Gasteiger partial charge on any atom is 0.573 e. The van der Waals surface area contributed by atoms with Crippen LogP contribution in [0.5, 0.6) is 5.75 Å². The molecule has 0 fully saturated rings. The first-order chi connectivity index (χ1) is 14.3. The Kier molecular flexibility index (Phi) is 4.99. The summed E-state index contributed by atoms with van der Waals surface area (Å²) in [6.07, 6.45) is -5.80. The van der Waals surface area contributed by atoms with Crippen molar-refractivity contribution < 1.29 is 27.8 Å². The van der Waals surface area contributed by atoms with E-state index in [0.717, 1.165) is 22.4 Å². The van der Waals surface area contributed by atoms with Gasteiger partial charge in [0.1, 0.15) is 5.75 Å². The number of hydrogen-bond donors (Lipinski definition) is 1. The molecular formula is C22H17F3N2O3. The lowest BCUT2D eigenvalue weighted by Crippen LogP contribution is -2.40. The smallest absolute Gasteiger partial charge is 0.464 e. The summed E-state index contributed by atoms with van der Waals surface area (Å²) in [5.41, 5.74) is 4.05. The van der Waals surface area contributed by atoms with Crippen LogP contribution in [0, 0.1) is 0 Å². The van der Waals surface area contributed by atoms with Crippen molar-refractivity contribution in [2.75, 3.05) is 5.01 Å². The fraction of sp³-hybridized carbons (Fsp3) is 0.136. The van der Waals surface area contributed by atoms with Gasteiger partial charge in [0.15, 0.2) is 0 Å². The second-order valence-electron chi connectivity index (χ2n) is 6.80. The van der Waals surface area contributed by atoms with Crippen LogP contribution in [0.15, 0.2) is 72.8 Å². The Morgan fingerprint density at radius 2 is 1.63 bits per heavy atom. The maximum absolute atomic E-state index is 12.3. The fourth-order valence-corrected chi connectivity index (χ4v) is 3.47. The minimum absolute atomic E-state index is 0.195. The van der Waals surface area contributed by atoms with Gasteiger partial charge in [0.05, 0.1) is 18.8 Å². The van der Waals surface area contributed by atoms with E-state index in [1.54, 1.807) is 5.01 Å². The minimum Gasteiger partial charge on any atom is -0.464 e. The number of benzene rings is 3. The lowest BCUT2D eigenvalue weighted by molar-refractivity contribution is -0.274. The summed E-state index contributed by atoms with van der Waals surface area (Å²) < 4.78 is 40.9. The first kappa shape index (κ1) is 19.6. The van der Waals surface area contributed by atoms with Gasteiger partial charge in [-0.05, 0) is 46.5 Å². The topological polar surface area (TPSA) is 53.0 Å². The van der Waals surface area contributed by atoms with Crippen LogP contribution in [0.25, 0.3) is 11.1 Å². The highest BCUT2D eigenvalue weighted by Crippen LogP contribution is 2.36. The highest BCUT2D eigenvalue weighted by atomic mass is 19.4. The second kappa shape index (κ2) is 7.62. The van der Waals surface area contributed by atoms with E-state index in [0.29, 0.717) is 12.1 Å². The number of hydrazine groups is 1. The van der Waals surface area contributed by atoms with Gasteiger partial charge in [-0.2, -0.15) is 0 Å². The third-order valence-electron chi connectivity index (χ3n) is 4.79. The van der Waals surface area contributed by atoms with Crippen LogP contribution >= 0.6 is 0 Å². The molecule has 0 radical (unpaired) electrons. The molecule has 0 spiro atoms. The summed E-state index contributed by atoms with van der Waals surface area (Å²) in [6, 6.07) is 20.6. The summed E-state index contributed by atoms with van der Waals surface area (Å²) >= 11 is 0. The van der Waals surface area contributed by atoms with E-state index in [-0.39, 0.29) is 12.3 Å². The molecule has 154 valence electrons. The van der Waals surface area contributed by atoms with Crippen LogP contribution in [-0.4, -0.2) is 22.6 Å². The van der Waals surface area contributed by atoms with Crippen molar-refractivity contribution in [2.45, 2.75) is 19.5 Å². The lowest BCUT2D eigenvalue weighted by Gasteiger charge is -2.28. The van der Waals surface area contributed by atoms with Crippen LogP contribution in [0.2, 0.25) is 0 Å². The Balaban J connectivity index is 1.60. The average Bonchev–Trinajstić information content (AvgIpc) is 3.06. The van der Waals surface area contributed by atoms with Gasteiger partial charge >= 0.3 is 12.5 Å². The van der Waals surface area contributed by atoms with Crippen LogP contribution in [0.3, 0.4) is 0 Å². The molecule has 1 aliphatic rings. The molecule has 1 aliphatic heterocycles. The first-order valence-corrected chi connectivity index (χ1v) is 9.11. The Labute approximate surface area is 170 Å². The van der Waals surface area contributed by atoms with E-state index in [9.17, 15) is 23.1 Å². The number of anilines is 1. The average molecular weight is 414 g/mol. The van der Waals surface area contributed by atoms with Crippen LogP contribution < -0.4 is 9.75 Å². The largest absolute Gasteiger partial charge is 0.573 e. The fourth-order valence-electron chi connectivity index (χ4n) is 3.47. The number of nitrogens with zero attached hydrogens (tertiary/aromatic N) is 2. The van der Waals surface area contributed by atoms with E-state index in [1.165, 1.54) is 29.3 Å². The van der Waals surface area contributed by atoms with Crippen molar-refractivity contribution in [3.63, 3.8) is 0 Å². The van der Waals surface area contributed by atoms with Crippen molar-refractivity contribution >= 4 is 11.8 Å². The third kappa shape index (κ3) is 4.17. The number of alkyl halides is 3. The molecule has 0 unspecified atom stereocenters. The molecule has 0 aliphatic carbocycles. The number of carboxylic acid groups (broad SMARTS) is 1. The second-order valence-corrected chi connectivity index (χ2v) is 6.80. The monoisotopic (exact) mass is 414 g/mol. The van der Waals surface area contributed by atoms with E-state index in [4.69, 9.17) is 0 Å². The summed E-state index contributed by atoms with van der Waals surface area (Å²) in [5, 5.41) is 12.6. The zero-order chi connectivity index (χ0) is 21.3. The molecule has 8 heteroatoms. The van der Waals surface area contributed by atoms with E-state index >= 15 is 0 Å². The molecule has 0 aromatic heterocycles. The van der Waals surface area contributed by atoms with Crippen molar-refractivity contribution in [1.82, 2.24) is 5.01 Å². The molecule has 1 heterocycles. The first-order valence-electron chi connectivity index (χ1n) is 9.11. The van der Waals surface area contributed by atoms with Gasteiger partial charge < -0.3 is 9.84 Å². The van der Waals surface area contributed by atoms with Gasteiger partial charge in [-0.15, -0.1) is 13.2 Å². The summed E-state index contributed by atoms with van der Waals surface area (Å²) in [7, 11) is 0. The van der Waals surface area contributed by atoms with E-state index in [1.807, 2.05) is 48.5 Å². The molecule has 3 aromatic carbocycles. The Hall–Kier alpha value is -3.68. The summed E-state index contributed by atoms with van der Waals surface area (Å²) in [4.78, 5) is 11.8. The molecule has 0 saturated heterocycles. The predicted molar refractivity (Wildman–Crippen MR) is 105 cm³/mol. The molecule has 0 saturated carbocycles. The lowest BCUT2D eigenvalue weighted by atomic mass is 10.0. The number of amides is 1. The number of hydrogen-bond acceptors (Lipinski definition) is 3. The quantitative estimate of drug-likeness (QED) is 0.598. The van der Waals surface area contributed by atoms with E-state index in [2.05, 4.69) is 4.74 Å². The minimum atomic E-state index is -4.74. The van der Waals surface area contributed by atoms with Crippen LogP contribution in [-0.2, 0) is 13.1 Å². The zero-order valence-electron chi connectivity index (χ0n) is 15.6. The number of rotatable bonds is 4. The predicted octanol–water partition coefficient (Wildman–Crippen LogP) is 5.67.